The first-order valence-electron chi connectivity index (χ1n) is 4.28. The Balaban J connectivity index is 3.16. The molecule has 1 heterocycles. The zero-order valence-electron chi connectivity index (χ0n) is 8.14. The van der Waals surface area contributed by atoms with E-state index in [-0.39, 0.29) is 22.3 Å². The zero-order valence-corrected chi connectivity index (χ0v) is 9.65. The van der Waals surface area contributed by atoms with Crippen molar-refractivity contribution in [3.8, 4) is 0 Å². The van der Waals surface area contributed by atoms with Gasteiger partial charge in [0, 0.05) is 6.20 Å². The Morgan fingerprint density at radius 1 is 1.50 bits per heavy atom. The number of hydrogen-bond acceptors (Lipinski definition) is 3. The summed E-state index contributed by atoms with van der Waals surface area (Å²) < 4.78 is 29.4. The van der Waals surface area contributed by atoms with Crippen molar-refractivity contribution in [2.24, 2.45) is 0 Å². The predicted octanol–water partition coefficient (Wildman–Crippen LogP) is 3.50. The van der Waals surface area contributed by atoms with Crippen LogP contribution < -0.4 is 0 Å². The Morgan fingerprint density at radius 2 is 2.12 bits per heavy atom. The summed E-state index contributed by atoms with van der Waals surface area (Å²) >= 11 is 11.2. The summed E-state index contributed by atoms with van der Waals surface area (Å²) in [6, 6.07) is 0. The highest BCUT2D eigenvalue weighted by Crippen LogP contribution is 2.33. The molecule has 0 amide bonds. The number of rotatable bonds is 3. The smallest absolute Gasteiger partial charge is 0.358 e. The molecule has 1 rings (SSSR count). The molecule has 1 aromatic heterocycles. The van der Waals surface area contributed by atoms with Crippen molar-refractivity contribution in [1.29, 1.82) is 0 Å². The third kappa shape index (κ3) is 2.59. The molecule has 0 aliphatic carbocycles. The fourth-order valence-corrected chi connectivity index (χ4v) is 1.43. The number of nitrogens with zero attached hydrogens (tertiary/aromatic N) is 1. The highest BCUT2D eigenvalue weighted by molar-refractivity contribution is 6.44. The highest BCUT2D eigenvalue weighted by atomic mass is 35.5. The van der Waals surface area contributed by atoms with Gasteiger partial charge in [0.25, 0.3) is 6.43 Å². The predicted molar refractivity (Wildman–Crippen MR) is 55.2 cm³/mol. The molecule has 0 aromatic carbocycles. The monoisotopic (exact) mass is 269 g/mol. The van der Waals surface area contributed by atoms with E-state index in [1.54, 1.807) is 6.92 Å². The van der Waals surface area contributed by atoms with Gasteiger partial charge in [-0.2, -0.15) is 0 Å². The van der Waals surface area contributed by atoms with Gasteiger partial charge in [0.2, 0.25) is 0 Å². The molecule has 0 saturated carbocycles. The lowest BCUT2D eigenvalue weighted by Crippen LogP contribution is -2.09. The summed E-state index contributed by atoms with van der Waals surface area (Å²) in [5.41, 5.74) is -0.780. The van der Waals surface area contributed by atoms with E-state index in [2.05, 4.69) is 9.72 Å². The topological polar surface area (TPSA) is 39.2 Å². The van der Waals surface area contributed by atoms with Gasteiger partial charge < -0.3 is 4.74 Å². The van der Waals surface area contributed by atoms with Crippen LogP contribution in [0, 0.1) is 0 Å². The van der Waals surface area contributed by atoms with Gasteiger partial charge >= 0.3 is 5.97 Å². The molecule has 1 aromatic rings. The molecule has 3 nitrogen and oxygen atoms in total. The van der Waals surface area contributed by atoms with Crippen LogP contribution in [0.25, 0.3) is 0 Å². The van der Waals surface area contributed by atoms with Crippen molar-refractivity contribution in [2.75, 3.05) is 6.61 Å². The van der Waals surface area contributed by atoms with Gasteiger partial charge in [-0.3, -0.25) is 0 Å². The number of carbonyl (C=O) groups excluding carboxylic acids is 1. The second kappa shape index (κ2) is 5.41. The van der Waals surface area contributed by atoms with E-state index in [1.807, 2.05) is 0 Å². The molecule has 0 aliphatic rings. The molecule has 88 valence electrons. The first-order valence-corrected chi connectivity index (χ1v) is 5.03. The maximum Gasteiger partial charge on any atom is 0.358 e. The van der Waals surface area contributed by atoms with E-state index in [0.29, 0.717) is 0 Å². The number of halogens is 4. The molecule has 0 N–H and O–H groups in total. The maximum atomic E-state index is 12.4. The van der Waals surface area contributed by atoms with Gasteiger partial charge in [-0.05, 0) is 6.92 Å². The summed E-state index contributed by atoms with van der Waals surface area (Å²) in [5, 5.41) is -0.701. The highest BCUT2D eigenvalue weighted by Gasteiger charge is 2.22. The van der Waals surface area contributed by atoms with Crippen molar-refractivity contribution >= 4 is 29.2 Å². The molecule has 0 bridgehead atoms. The van der Waals surface area contributed by atoms with Gasteiger partial charge in [0.05, 0.1) is 22.2 Å². The quantitative estimate of drug-likeness (QED) is 0.789. The second-order valence-corrected chi connectivity index (χ2v) is 3.47. The van der Waals surface area contributed by atoms with Crippen molar-refractivity contribution in [3.63, 3.8) is 0 Å². The van der Waals surface area contributed by atoms with E-state index < -0.39 is 18.0 Å². The van der Waals surface area contributed by atoms with Crippen LogP contribution in [-0.4, -0.2) is 17.6 Å². The minimum absolute atomic E-state index is 0.130. The molecule has 0 atom stereocenters. The second-order valence-electron chi connectivity index (χ2n) is 2.71. The van der Waals surface area contributed by atoms with Gasteiger partial charge in [0.1, 0.15) is 0 Å². The van der Waals surface area contributed by atoms with Crippen LogP contribution in [0.3, 0.4) is 0 Å². The molecule has 0 unspecified atom stereocenters. The fraction of sp³-hybridized carbons (Fsp3) is 0.333. The van der Waals surface area contributed by atoms with E-state index in [9.17, 15) is 13.6 Å². The van der Waals surface area contributed by atoms with Crippen LogP contribution in [0.2, 0.25) is 10.0 Å². The third-order valence-electron chi connectivity index (χ3n) is 1.69. The number of carbonyl (C=O) groups is 1. The average molecular weight is 270 g/mol. The number of aromatic nitrogens is 1. The lowest BCUT2D eigenvalue weighted by Gasteiger charge is -2.08. The van der Waals surface area contributed by atoms with Gasteiger partial charge in [-0.1, -0.05) is 23.2 Å². The summed E-state index contributed by atoms with van der Waals surface area (Å²) in [6.07, 6.45) is -1.99. The maximum absolute atomic E-state index is 12.4. The molecule has 16 heavy (non-hydrogen) atoms. The van der Waals surface area contributed by atoms with Crippen molar-refractivity contribution < 1.29 is 18.3 Å². The molecular weight excluding hydrogens is 263 g/mol. The molecule has 7 heteroatoms. The average Bonchev–Trinajstić information content (AvgIpc) is 2.21. The summed E-state index contributed by atoms with van der Waals surface area (Å²) in [7, 11) is 0. The SMILES string of the molecule is CCOC(=O)c1ncc(C(F)F)c(Cl)c1Cl. The molecule has 0 aliphatic heterocycles. The number of hydrogen-bond donors (Lipinski definition) is 0. The molecule has 0 radical (unpaired) electrons. The molecular formula is C9H7Cl2F2NO2. The molecule has 0 spiro atoms. The number of ether oxygens (including phenoxy) is 1. The van der Waals surface area contributed by atoms with Crippen molar-refractivity contribution in [3.05, 3.63) is 27.5 Å². The minimum Gasteiger partial charge on any atom is -0.461 e. The van der Waals surface area contributed by atoms with Gasteiger partial charge in [-0.15, -0.1) is 0 Å². The lowest BCUT2D eigenvalue weighted by atomic mass is 10.2. The minimum atomic E-state index is -2.80. The van der Waals surface area contributed by atoms with Crippen molar-refractivity contribution in [1.82, 2.24) is 4.98 Å². The fourth-order valence-electron chi connectivity index (χ4n) is 0.972. The van der Waals surface area contributed by atoms with E-state index in [0.717, 1.165) is 6.20 Å². The van der Waals surface area contributed by atoms with Gasteiger partial charge in [0.15, 0.2) is 5.69 Å². The zero-order chi connectivity index (χ0) is 12.3. The Kier molecular flexibility index (Phi) is 4.44. The standard InChI is InChI=1S/C9H7Cl2F2NO2/c1-2-16-9(15)7-6(11)5(10)4(3-14-7)8(12)13/h3,8H,2H2,1H3. The van der Waals surface area contributed by atoms with Crippen LogP contribution in [-0.2, 0) is 4.74 Å². The Bertz CT molecular complexity index is 413. The van der Waals surface area contributed by atoms with Crippen molar-refractivity contribution in [2.45, 2.75) is 13.3 Å². The van der Waals surface area contributed by atoms with Crippen LogP contribution in [0.4, 0.5) is 8.78 Å². The van der Waals surface area contributed by atoms with E-state index in [4.69, 9.17) is 23.2 Å². The molecule has 0 saturated heterocycles. The number of alkyl halides is 2. The Labute approximate surface area is 100 Å². The normalized spacial score (nSPS) is 10.6. The summed E-state index contributed by atoms with van der Waals surface area (Å²) in [5.74, 6) is -0.796. The summed E-state index contributed by atoms with van der Waals surface area (Å²) in [6.45, 7) is 1.73. The van der Waals surface area contributed by atoms with Crippen LogP contribution in [0.5, 0.6) is 0 Å². The molecule has 0 fully saturated rings. The lowest BCUT2D eigenvalue weighted by molar-refractivity contribution is 0.0519. The van der Waals surface area contributed by atoms with E-state index >= 15 is 0 Å². The third-order valence-corrected chi connectivity index (χ3v) is 2.56. The first kappa shape index (κ1) is 13.1. The van der Waals surface area contributed by atoms with Crippen LogP contribution in [0.15, 0.2) is 6.20 Å². The Morgan fingerprint density at radius 3 is 2.62 bits per heavy atom. The van der Waals surface area contributed by atoms with Crippen LogP contribution in [0.1, 0.15) is 29.4 Å². The van der Waals surface area contributed by atoms with Crippen LogP contribution >= 0.6 is 23.2 Å². The van der Waals surface area contributed by atoms with E-state index in [1.165, 1.54) is 0 Å². The summed E-state index contributed by atoms with van der Waals surface area (Å²) in [4.78, 5) is 14.8. The Hall–Kier alpha value is -0.940. The first-order chi connectivity index (χ1) is 7.49. The largest absolute Gasteiger partial charge is 0.461 e. The number of esters is 1. The van der Waals surface area contributed by atoms with Gasteiger partial charge in [-0.25, -0.2) is 18.6 Å². The number of pyridine rings is 1.